The zero-order valence-corrected chi connectivity index (χ0v) is 7.56. The normalized spacial score (nSPS) is 4.17. The van der Waals surface area contributed by atoms with Crippen molar-refractivity contribution in [1.29, 1.82) is 0 Å². The molecule has 0 unspecified atom stereocenters. The molecule has 0 aliphatic rings. The molecule has 30 valence electrons. The fourth-order valence-electron chi connectivity index (χ4n) is 0. The third-order valence-electron chi connectivity index (χ3n) is 0.129. The summed E-state index contributed by atoms with van der Waals surface area (Å²) in [5.74, 6) is 0. The van der Waals surface area contributed by atoms with Gasteiger partial charge in [0.1, 0.15) is 0 Å². The van der Waals surface area contributed by atoms with Crippen molar-refractivity contribution in [3.63, 3.8) is 0 Å². The maximum Gasteiger partial charge on any atom is 2.00 e. The van der Waals surface area contributed by atoms with Gasteiger partial charge in [0.05, 0.1) is 6.61 Å². The summed E-state index contributed by atoms with van der Waals surface area (Å²) in [7, 11) is 0. The van der Waals surface area contributed by atoms with E-state index in [0.29, 0.717) is 0 Å². The number of hydrogen-bond donors (Lipinski definition) is 1. The monoisotopic (exact) mass is 108 g/mol. The van der Waals surface area contributed by atoms with E-state index in [1.807, 2.05) is 0 Å². The molecule has 0 saturated carbocycles. The molecule has 0 spiro atoms. The first-order chi connectivity index (χ1) is 1.91. The largest absolute Gasteiger partial charge is 2.00 e. The molecule has 1 N–H and O–H groups in total. The SMILES string of the molecule is C=CCO.[H-].[H-].[H-].[Mg+2].[Na+]. The van der Waals surface area contributed by atoms with Crippen molar-refractivity contribution in [3.05, 3.63) is 12.7 Å². The second-order valence-electron chi connectivity index (χ2n) is 0.471. The van der Waals surface area contributed by atoms with Gasteiger partial charge in [-0.25, -0.2) is 0 Å². The zero-order chi connectivity index (χ0) is 3.41. The summed E-state index contributed by atoms with van der Waals surface area (Å²) in [6.45, 7) is 3.31. The second kappa shape index (κ2) is 16.1. The van der Waals surface area contributed by atoms with Gasteiger partial charge in [-0.3, -0.25) is 0 Å². The number of rotatable bonds is 1. The summed E-state index contributed by atoms with van der Waals surface area (Å²) in [4.78, 5) is 0. The van der Waals surface area contributed by atoms with Gasteiger partial charge in [-0.05, 0) is 0 Å². The topological polar surface area (TPSA) is 20.2 Å². The van der Waals surface area contributed by atoms with Crippen LogP contribution in [0.5, 0.6) is 0 Å². The Hall–Kier alpha value is 1.47. The van der Waals surface area contributed by atoms with E-state index < -0.39 is 0 Å². The standard InChI is InChI=1S/C3H6O.Mg.Na.3H/c1-2-3-4;;;;;/h2,4H,1,3H2;;;;;/q;+2;+1;3*-1. The molecule has 6 heavy (non-hydrogen) atoms. The average Bonchev–Trinajstić information content (AvgIpc) is 1.37. The van der Waals surface area contributed by atoms with Crippen molar-refractivity contribution in [1.82, 2.24) is 0 Å². The van der Waals surface area contributed by atoms with Gasteiger partial charge in [-0.15, -0.1) is 6.58 Å². The average molecular weight is 108 g/mol. The van der Waals surface area contributed by atoms with Crippen LogP contribution in [0.25, 0.3) is 0 Å². The van der Waals surface area contributed by atoms with Crippen molar-refractivity contribution < 1.29 is 38.9 Å². The molecular weight excluding hydrogens is 99.3 g/mol. The Morgan fingerprint density at radius 3 is 2.00 bits per heavy atom. The Balaban J connectivity index is -0.00000000450. The Labute approximate surface area is 80.7 Å². The van der Waals surface area contributed by atoms with Gasteiger partial charge in [0, 0.05) is 0 Å². The summed E-state index contributed by atoms with van der Waals surface area (Å²) >= 11 is 0. The molecule has 0 radical (unpaired) electrons. The molecule has 0 aliphatic carbocycles. The first kappa shape index (κ1) is 15.7. The van der Waals surface area contributed by atoms with Gasteiger partial charge in [-0.2, -0.15) is 0 Å². The van der Waals surface area contributed by atoms with Crippen LogP contribution >= 0.6 is 0 Å². The smallest absolute Gasteiger partial charge is 1.00 e. The van der Waals surface area contributed by atoms with Crippen LogP contribution in [-0.4, -0.2) is 34.8 Å². The molecule has 0 rings (SSSR count). The van der Waals surface area contributed by atoms with E-state index in [9.17, 15) is 0 Å². The summed E-state index contributed by atoms with van der Waals surface area (Å²) in [5, 5.41) is 7.76. The number of hydrogen-bond acceptors (Lipinski definition) is 1. The van der Waals surface area contributed by atoms with E-state index in [0.717, 1.165) is 0 Å². The first-order valence-electron chi connectivity index (χ1n) is 1.13. The molecule has 0 saturated heterocycles. The van der Waals surface area contributed by atoms with Gasteiger partial charge in [0.15, 0.2) is 0 Å². The molecule has 0 bridgehead atoms. The Kier molecular flexibility index (Phi) is 41.9. The molecule has 1 nitrogen and oxygen atoms in total. The third-order valence-corrected chi connectivity index (χ3v) is 0.129. The minimum absolute atomic E-state index is 0. The van der Waals surface area contributed by atoms with Crippen LogP contribution in [0.3, 0.4) is 0 Å². The molecule has 3 heteroatoms. The van der Waals surface area contributed by atoms with Crippen LogP contribution in [-0.2, 0) is 0 Å². The zero-order valence-electron chi connectivity index (χ0n) is 7.15. The van der Waals surface area contributed by atoms with E-state index in [1.165, 1.54) is 6.08 Å². The van der Waals surface area contributed by atoms with E-state index >= 15 is 0 Å². The predicted molar refractivity (Wildman–Crippen MR) is 26.4 cm³/mol. The maximum atomic E-state index is 7.76. The molecule has 0 amide bonds. The minimum Gasteiger partial charge on any atom is -1.00 e. The second-order valence-corrected chi connectivity index (χ2v) is 0.471. The van der Waals surface area contributed by atoms with Gasteiger partial charge in [0.2, 0.25) is 0 Å². The van der Waals surface area contributed by atoms with Gasteiger partial charge < -0.3 is 9.39 Å². The molecular formula is C3H9MgNaO. The molecule has 0 heterocycles. The van der Waals surface area contributed by atoms with Gasteiger partial charge in [-0.1, -0.05) is 6.08 Å². The van der Waals surface area contributed by atoms with Crippen molar-refractivity contribution in [2.45, 2.75) is 0 Å². The molecule has 0 fully saturated rings. The van der Waals surface area contributed by atoms with Crippen LogP contribution in [0.15, 0.2) is 12.7 Å². The van der Waals surface area contributed by atoms with Crippen LogP contribution in [0, 0.1) is 0 Å². The molecule has 0 aromatic rings. The number of aliphatic hydroxyl groups is 1. The molecule has 0 aliphatic heterocycles. The summed E-state index contributed by atoms with van der Waals surface area (Å²) in [6, 6.07) is 0. The van der Waals surface area contributed by atoms with E-state index in [2.05, 4.69) is 6.58 Å². The predicted octanol–water partition coefficient (Wildman–Crippen LogP) is -2.87. The van der Waals surface area contributed by atoms with Crippen LogP contribution in [0.1, 0.15) is 4.28 Å². The van der Waals surface area contributed by atoms with Crippen LogP contribution in [0.2, 0.25) is 0 Å². The fourth-order valence-corrected chi connectivity index (χ4v) is 0. The Morgan fingerprint density at radius 2 is 2.00 bits per heavy atom. The van der Waals surface area contributed by atoms with Gasteiger partial charge in [0.25, 0.3) is 0 Å². The van der Waals surface area contributed by atoms with Crippen molar-refractivity contribution in [2.24, 2.45) is 0 Å². The summed E-state index contributed by atoms with van der Waals surface area (Å²) < 4.78 is 0. The van der Waals surface area contributed by atoms with Crippen molar-refractivity contribution in [2.75, 3.05) is 6.61 Å². The third kappa shape index (κ3) is 17.9. The van der Waals surface area contributed by atoms with E-state index in [4.69, 9.17) is 5.11 Å². The fraction of sp³-hybridized carbons (Fsp3) is 0.333. The minimum atomic E-state index is 0. The van der Waals surface area contributed by atoms with E-state index in [-0.39, 0.29) is 63.5 Å². The number of aliphatic hydroxyl groups excluding tert-OH is 1. The summed E-state index contributed by atoms with van der Waals surface area (Å²) in [5.41, 5.74) is 0. The summed E-state index contributed by atoms with van der Waals surface area (Å²) in [6.07, 6.45) is 1.43. The molecule has 0 atom stereocenters. The Morgan fingerprint density at radius 1 is 1.83 bits per heavy atom. The maximum absolute atomic E-state index is 7.76. The molecule has 0 aromatic heterocycles. The Bertz CT molecular complexity index is 33.0. The van der Waals surface area contributed by atoms with Crippen molar-refractivity contribution >= 4 is 23.1 Å². The van der Waals surface area contributed by atoms with E-state index in [1.54, 1.807) is 0 Å². The van der Waals surface area contributed by atoms with Gasteiger partial charge >= 0.3 is 52.6 Å². The van der Waals surface area contributed by atoms with Crippen molar-refractivity contribution in [3.8, 4) is 0 Å². The first-order valence-corrected chi connectivity index (χ1v) is 1.13. The van der Waals surface area contributed by atoms with Crippen LogP contribution in [0.4, 0.5) is 0 Å². The molecule has 0 aromatic carbocycles. The quantitative estimate of drug-likeness (QED) is 0.283. The van der Waals surface area contributed by atoms with Crippen LogP contribution < -0.4 is 29.6 Å².